The lowest BCUT2D eigenvalue weighted by atomic mass is 10.3. The Morgan fingerprint density at radius 2 is 1.95 bits per heavy atom. The fourth-order valence-electron chi connectivity index (χ4n) is 1.52. The van der Waals surface area contributed by atoms with Gasteiger partial charge in [0.1, 0.15) is 5.75 Å². The molecule has 0 radical (unpaired) electrons. The van der Waals surface area contributed by atoms with Crippen LogP contribution in [0.4, 0.5) is 5.69 Å². The van der Waals surface area contributed by atoms with Crippen LogP contribution in [0, 0.1) is 0 Å². The minimum absolute atomic E-state index is 0.277. The number of carbonyl (C=O) groups excluding carboxylic acids is 2. The van der Waals surface area contributed by atoms with Gasteiger partial charge in [-0.25, -0.2) is 8.42 Å². The summed E-state index contributed by atoms with van der Waals surface area (Å²) in [6.07, 6.45) is -0.277. The largest absolute Gasteiger partial charge is 0.469 e. The van der Waals surface area contributed by atoms with E-state index in [0.29, 0.717) is 10.2 Å². The van der Waals surface area contributed by atoms with Crippen LogP contribution in [0.25, 0.3) is 0 Å². The zero-order valence-corrected chi connectivity index (χ0v) is 14.0. The molecule has 0 heterocycles. The van der Waals surface area contributed by atoms with Crippen molar-refractivity contribution in [2.75, 3.05) is 18.2 Å². The SMILES string of the molecule is COC(=O)CC(C)S(=O)(=O)CC(=O)Nc1ccccc1Br. The number of anilines is 1. The second-order valence-corrected chi connectivity index (χ2v) is 7.70. The molecule has 0 aliphatic heterocycles. The average Bonchev–Trinajstić information content (AvgIpc) is 2.40. The van der Waals surface area contributed by atoms with E-state index in [-0.39, 0.29) is 6.42 Å². The standard InChI is InChI=1S/C13H16BrNO5S/c1-9(7-13(17)20-2)21(18,19)8-12(16)15-11-6-4-3-5-10(11)14/h3-6,9H,7-8H2,1-2H3,(H,15,16). The van der Waals surface area contributed by atoms with Crippen LogP contribution in [0.2, 0.25) is 0 Å². The smallest absolute Gasteiger partial charge is 0.306 e. The molecule has 1 N–H and O–H groups in total. The van der Waals surface area contributed by atoms with E-state index in [2.05, 4.69) is 26.0 Å². The maximum atomic E-state index is 12.0. The number of esters is 1. The summed E-state index contributed by atoms with van der Waals surface area (Å²) >= 11 is 3.25. The van der Waals surface area contributed by atoms with Crippen LogP contribution in [0.1, 0.15) is 13.3 Å². The van der Waals surface area contributed by atoms with Crippen LogP contribution in [-0.4, -0.2) is 38.4 Å². The van der Waals surface area contributed by atoms with E-state index in [1.54, 1.807) is 24.3 Å². The zero-order chi connectivity index (χ0) is 16.0. The van der Waals surface area contributed by atoms with Gasteiger partial charge in [-0.2, -0.15) is 0 Å². The zero-order valence-electron chi connectivity index (χ0n) is 11.6. The number of sulfone groups is 1. The first kappa shape index (κ1) is 17.6. The van der Waals surface area contributed by atoms with Crippen LogP contribution in [0.3, 0.4) is 0 Å². The van der Waals surface area contributed by atoms with Crippen molar-refractivity contribution in [3.8, 4) is 0 Å². The molecule has 0 spiro atoms. The molecule has 0 fully saturated rings. The molecular weight excluding hydrogens is 362 g/mol. The van der Waals surface area contributed by atoms with Gasteiger partial charge in [-0.05, 0) is 35.0 Å². The van der Waals surface area contributed by atoms with Crippen molar-refractivity contribution >= 4 is 43.3 Å². The van der Waals surface area contributed by atoms with Gasteiger partial charge in [0.25, 0.3) is 0 Å². The van der Waals surface area contributed by atoms with Gasteiger partial charge in [0.2, 0.25) is 5.91 Å². The molecule has 0 bridgehead atoms. The van der Waals surface area contributed by atoms with Crippen molar-refractivity contribution in [2.45, 2.75) is 18.6 Å². The number of hydrogen-bond acceptors (Lipinski definition) is 5. The van der Waals surface area contributed by atoms with Gasteiger partial charge < -0.3 is 10.1 Å². The number of ether oxygens (including phenoxy) is 1. The highest BCUT2D eigenvalue weighted by Crippen LogP contribution is 2.21. The number of rotatable bonds is 6. The van der Waals surface area contributed by atoms with Crippen LogP contribution in [0.15, 0.2) is 28.7 Å². The summed E-state index contributed by atoms with van der Waals surface area (Å²) in [4.78, 5) is 22.9. The minimum Gasteiger partial charge on any atom is -0.469 e. The van der Waals surface area contributed by atoms with Crippen molar-refractivity contribution in [1.82, 2.24) is 0 Å². The summed E-state index contributed by atoms with van der Waals surface area (Å²) in [5.74, 6) is -1.97. The van der Waals surface area contributed by atoms with E-state index in [9.17, 15) is 18.0 Å². The number of halogens is 1. The van der Waals surface area contributed by atoms with Gasteiger partial charge in [-0.3, -0.25) is 9.59 Å². The molecular formula is C13H16BrNO5S. The van der Waals surface area contributed by atoms with E-state index in [1.807, 2.05) is 0 Å². The fourth-order valence-corrected chi connectivity index (χ4v) is 3.01. The molecule has 6 nitrogen and oxygen atoms in total. The second kappa shape index (κ2) is 7.56. The van der Waals surface area contributed by atoms with Crippen molar-refractivity contribution in [2.24, 2.45) is 0 Å². The number of para-hydroxylation sites is 1. The fraction of sp³-hybridized carbons (Fsp3) is 0.385. The van der Waals surface area contributed by atoms with Crippen LogP contribution < -0.4 is 5.32 Å². The van der Waals surface area contributed by atoms with E-state index in [4.69, 9.17) is 0 Å². The molecule has 0 aromatic heterocycles. The van der Waals surface area contributed by atoms with E-state index >= 15 is 0 Å². The number of amides is 1. The normalized spacial score (nSPS) is 12.5. The molecule has 0 saturated carbocycles. The Morgan fingerprint density at radius 3 is 2.52 bits per heavy atom. The first-order valence-electron chi connectivity index (χ1n) is 6.09. The molecule has 0 aliphatic rings. The minimum atomic E-state index is -3.73. The molecule has 1 atom stereocenters. The average molecular weight is 378 g/mol. The number of methoxy groups -OCH3 is 1. The Hall–Kier alpha value is -1.41. The van der Waals surface area contributed by atoms with Crippen molar-refractivity contribution in [1.29, 1.82) is 0 Å². The molecule has 1 aromatic rings. The maximum absolute atomic E-state index is 12.0. The molecule has 0 aliphatic carbocycles. The lowest BCUT2D eigenvalue weighted by Crippen LogP contribution is -2.31. The predicted molar refractivity (Wildman–Crippen MR) is 82.7 cm³/mol. The van der Waals surface area contributed by atoms with Gasteiger partial charge >= 0.3 is 5.97 Å². The van der Waals surface area contributed by atoms with E-state index < -0.39 is 32.7 Å². The highest BCUT2D eigenvalue weighted by Gasteiger charge is 2.27. The third kappa shape index (κ3) is 5.47. The molecule has 1 aromatic carbocycles. The first-order chi connectivity index (χ1) is 9.76. The molecule has 116 valence electrons. The summed E-state index contributed by atoms with van der Waals surface area (Å²) in [6, 6.07) is 6.86. The third-order valence-electron chi connectivity index (χ3n) is 2.78. The monoisotopic (exact) mass is 377 g/mol. The first-order valence-corrected chi connectivity index (χ1v) is 8.60. The Kier molecular flexibility index (Phi) is 6.35. The second-order valence-electron chi connectivity index (χ2n) is 4.43. The Morgan fingerprint density at radius 1 is 1.33 bits per heavy atom. The molecule has 21 heavy (non-hydrogen) atoms. The summed E-state index contributed by atoms with van der Waals surface area (Å²) in [7, 11) is -2.54. The van der Waals surface area contributed by atoms with Crippen molar-refractivity contribution in [3.05, 3.63) is 28.7 Å². The summed E-state index contributed by atoms with van der Waals surface area (Å²) in [5, 5.41) is 1.53. The van der Waals surface area contributed by atoms with Crippen LogP contribution in [0.5, 0.6) is 0 Å². The Labute approximate surface area is 131 Å². The Balaban J connectivity index is 2.69. The topological polar surface area (TPSA) is 89.5 Å². The number of hydrogen-bond donors (Lipinski definition) is 1. The van der Waals surface area contributed by atoms with Crippen molar-refractivity contribution < 1.29 is 22.7 Å². The quantitative estimate of drug-likeness (QED) is 0.762. The van der Waals surface area contributed by atoms with Gasteiger partial charge in [-0.15, -0.1) is 0 Å². The highest BCUT2D eigenvalue weighted by atomic mass is 79.9. The lowest BCUT2D eigenvalue weighted by Gasteiger charge is -2.12. The van der Waals surface area contributed by atoms with Gasteiger partial charge in [0.05, 0.1) is 24.5 Å². The molecule has 1 amide bonds. The van der Waals surface area contributed by atoms with Crippen LogP contribution >= 0.6 is 15.9 Å². The van der Waals surface area contributed by atoms with Crippen LogP contribution in [-0.2, 0) is 24.2 Å². The molecule has 1 unspecified atom stereocenters. The predicted octanol–water partition coefficient (Wildman–Crippen LogP) is 1.75. The van der Waals surface area contributed by atoms with E-state index in [1.165, 1.54) is 14.0 Å². The highest BCUT2D eigenvalue weighted by molar-refractivity contribution is 9.10. The lowest BCUT2D eigenvalue weighted by molar-refractivity contribution is -0.140. The summed E-state index contributed by atoms with van der Waals surface area (Å²) in [6.45, 7) is 1.37. The number of carbonyl (C=O) groups is 2. The van der Waals surface area contributed by atoms with Gasteiger partial charge in [0.15, 0.2) is 9.84 Å². The van der Waals surface area contributed by atoms with Crippen molar-refractivity contribution in [3.63, 3.8) is 0 Å². The Bertz CT molecular complexity index is 629. The third-order valence-corrected chi connectivity index (χ3v) is 5.52. The molecule has 1 rings (SSSR count). The summed E-state index contributed by atoms with van der Waals surface area (Å²) < 4.78 is 29.0. The van der Waals surface area contributed by atoms with Gasteiger partial charge in [0, 0.05) is 4.47 Å². The maximum Gasteiger partial charge on any atom is 0.306 e. The van der Waals surface area contributed by atoms with Gasteiger partial charge in [-0.1, -0.05) is 12.1 Å². The molecule has 8 heteroatoms. The molecule has 0 saturated heterocycles. The summed E-state index contributed by atoms with van der Waals surface area (Å²) in [5.41, 5.74) is 0.485. The van der Waals surface area contributed by atoms with E-state index in [0.717, 1.165) is 0 Å². The number of nitrogens with one attached hydrogen (secondary N) is 1. The number of benzene rings is 1.